The molecule has 0 saturated heterocycles. The lowest BCUT2D eigenvalue weighted by molar-refractivity contribution is 0.234. The Kier molecular flexibility index (Phi) is 4.64. The molecule has 0 atom stereocenters. The second-order valence-electron chi connectivity index (χ2n) is 4.10. The van der Waals surface area contributed by atoms with Crippen LogP contribution >= 0.6 is 11.6 Å². The van der Waals surface area contributed by atoms with Gasteiger partial charge < -0.3 is 4.74 Å². The summed E-state index contributed by atoms with van der Waals surface area (Å²) < 4.78 is 52.8. The highest BCUT2D eigenvalue weighted by Crippen LogP contribution is 2.30. The zero-order valence-corrected chi connectivity index (χ0v) is 12.4. The van der Waals surface area contributed by atoms with Gasteiger partial charge in [-0.25, -0.2) is 8.42 Å². The Hall–Kier alpha value is -2.17. The Balaban J connectivity index is 2.31. The van der Waals surface area contributed by atoms with Crippen LogP contribution in [-0.2, 0) is 9.84 Å². The largest absolute Gasteiger partial charge is 0.456 e. The maximum absolute atomic E-state index is 12.4. The molecule has 0 unspecified atom stereocenters. The van der Waals surface area contributed by atoms with Gasteiger partial charge in [-0.15, -0.1) is 0 Å². The zero-order valence-electron chi connectivity index (χ0n) is 10.8. The Morgan fingerprint density at radius 3 is 2.32 bits per heavy atom. The molecule has 0 aliphatic heterocycles. The predicted molar refractivity (Wildman–Crippen MR) is 75.9 cm³/mol. The van der Waals surface area contributed by atoms with E-state index in [0.717, 1.165) is 12.1 Å². The molecule has 2 rings (SSSR count). The second kappa shape index (κ2) is 6.30. The number of hydrogen-bond donors (Lipinski definition) is 0. The summed E-state index contributed by atoms with van der Waals surface area (Å²) >= 11 is 5.85. The lowest BCUT2D eigenvalue weighted by atomic mass is 10.2. The summed E-state index contributed by atoms with van der Waals surface area (Å²) in [5.74, 6) is -3.12. The van der Waals surface area contributed by atoms with Gasteiger partial charge in [0.25, 0.3) is 0 Å². The normalized spacial score (nSPS) is 11.2. The summed E-state index contributed by atoms with van der Waals surface area (Å²) in [5.41, 5.74) is 0.119. The van der Waals surface area contributed by atoms with E-state index in [4.69, 9.17) is 21.6 Å². The van der Waals surface area contributed by atoms with E-state index in [0.29, 0.717) is 0 Å². The Bertz CT molecular complexity index is 830. The summed E-state index contributed by atoms with van der Waals surface area (Å²) in [4.78, 5) is -0.513. The predicted octanol–water partition coefficient (Wildman–Crippen LogP) is 4.00. The van der Waals surface area contributed by atoms with Crippen LogP contribution in [0.25, 0.3) is 0 Å². The van der Waals surface area contributed by atoms with Gasteiger partial charge in [-0.1, -0.05) is 17.7 Å². The van der Waals surface area contributed by atoms with Crippen LogP contribution in [0, 0.1) is 11.3 Å². The van der Waals surface area contributed by atoms with Gasteiger partial charge in [-0.05, 0) is 36.4 Å². The Morgan fingerprint density at radius 2 is 1.77 bits per heavy atom. The van der Waals surface area contributed by atoms with E-state index in [-0.39, 0.29) is 22.1 Å². The first-order valence-corrected chi connectivity index (χ1v) is 7.77. The minimum Gasteiger partial charge on any atom is -0.456 e. The molecule has 8 heteroatoms. The van der Waals surface area contributed by atoms with Gasteiger partial charge in [0.15, 0.2) is 0 Å². The van der Waals surface area contributed by atoms with Crippen molar-refractivity contribution >= 4 is 21.4 Å². The molecule has 0 aliphatic carbocycles. The molecule has 0 bridgehead atoms. The molecule has 0 aliphatic rings. The number of hydrogen-bond acceptors (Lipinski definition) is 4. The number of rotatable bonds is 4. The molecule has 2 aromatic carbocycles. The van der Waals surface area contributed by atoms with Crippen LogP contribution in [0.15, 0.2) is 47.4 Å². The number of ether oxygens (including phenoxy) is 1. The summed E-state index contributed by atoms with van der Waals surface area (Å²) in [6.07, 6.45) is 0. The minimum atomic E-state index is -4.65. The standard InChI is InChI=1S/C14H8ClF2NO3S/c15-12-2-1-3-13(11(12)8-18)21-9-4-6-10(7-5-9)22(19,20)14(16)17/h1-7,14H. The maximum Gasteiger partial charge on any atom is 0.341 e. The molecular formula is C14H8ClF2NO3S. The van der Waals surface area contributed by atoms with E-state index >= 15 is 0 Å². The van der Waals surface area contributed by atoms with Gasteiger partial charge in [0, 0.05) is 0 Å². The van der Waals surface area contributed by atoms with Crippen molar-refractivity contribution in [3.8, 4) is 17.6 Å². The minimum absolute atomic E-state index is 0.119. The molecule has 4 nitrogen and oxygen atoms in total. The second-order valence-corrected chi connectivity index (χ2v) is 6.43. The Morgan fingerprint density at radius 1 is 1.14 bits per heavy atom. The molecule has 22 heavy (non-hydrogen) atoms. The van der Waals surface area contributed by atoms with Gasteiger partial charge in [-0.2, -0.15) is 14.0 Å². The monoisotopic (exact) mass is 343 g/mol. The number of benzene rings is 2. The van der Waals surface area contributed by atoms with Gasteiger partial charge in [0.1, 0.15) is 23.1 Å². The van der Waals surface area contributed by atoms with Gasteiger partial charge in [0.2, 0.25) is 9.84 Å². The first kappa shape index (κ1) is 16.2. The highest BCUT2D eigenvalue weighted by molar-refractivity contribution is 7.91. The summed E-state index contributed by atoms with van der Waals surface area (Å²) in [6, 6.07) is 10.9. The first-order chi connectivity index (χ1) is 10.4. The molecule has 0 fully saturated rings. The number of nitriles is 1. The first-order valence-electron chi connectivity index (χ1n) is 5.85. The molecule has 0 aromatic heterocycles. The van der Waals surface area contributed by atoms with E-state index in [9.17, 15) is 17.2 Å². The summed E-state index contributed by atoms with van der Waals surface area (Å²) in [5, 5.41) is 9.22. The molecule has 0 heterocycles. The smallest absolute Gasteiger partial charge is 0.341 e. The molecule has 0 saturated carbocycles. The summed E-state index contributed by atoms with van der Waals surface area (Å²) in [7, 11) is -4.65. The van der Waals surface area contributed by atoms with E-state index in [1.54, 1.807) is 6.07 Å². The summed E-state index contributed by atoms with van der Waals surface area (Å²) in [6.45, 7) is 0. The van der Waals surface area contributed by atoms with Crippen LogP contribution in [0.3, 0.4) is 0 Å². The molecule has 0 spiro atoms. The quantitative estimate of drug-likeness (QED) is 0.841. The average Bonchev–Trinajstić information content (AvgIpc) is 2.48. The molecule has 2 aromatic rings. The van der Waals surface area contributed by atoms with Crippen molar-refractivity contribution in [3.63, 3.8) is 0 Å². The number of sulfone groups is 1. The van der Waals surface area contributed by atoms with Crippen LogP contribution in [-0.4, -0.2) is 14.2 Å². The average molecular weight is 344 g/mol. The highest BCUT2D eigenvalue weighted by atomic mass is 35.5. The fourth-order valence-electron chi connectivity index (χ4n) is 1.63. The topological polar surface area (TPSA) is 67.2 Å². The zero-order chi connectivity index (χ0) is 16.3. The lowest BCUT2D eigenvalue weighted by Gasteiger charge is -2.09. The molecule has 114 valence electrons. The van der Waals surface area contributed by atoms with Crippen molar-refractivity contribution in [2.75, 3.05) is 0 Å². The van der Waals surface area contributed by atoms with Crippen molar-refractivity contribution in [1.82, 2.24) is 0 Å². The van der Waals surface area contributed by atoms with Crippen molar-refractivity contribution < 1.29 is 21.9 Å². The fraction of sp³-hybridized carbons (Fsp3) is 0.0714. The lowest BCUT2D eigenvalue weighted by Crippen LogP contribution is -2.11. The van der Waals surface area contributed by atoms with Crippen molar-refractivity contribution in [1.29, 1.82) is 5.26 Å². The van der Waals surface area contributed by atoms with E-state index in [1.807, 2.05) is 6.07 Å². The van der Waals surface area contributed by atoms with Gasteiger partial charge in [-0.3, -0.25) is 0 Å². The fourth-order valence-corrected chi connectivity index (χ4v) is 2.55. The highest BCUT2D eigenvalue weighted by Gasteiger charge is 2.26. The third kappa shape index (κ3) is 3.18. The van der Waals surface area contributed by atoms with E-state index in [1.165, 1.54) is 24.3 Å². The molecule has 0 N–H and O–H groups in total. The third-order valence-electron chi connectivity index (χ3n) is 2.70. The van der Waals surface area contributed by atoms with Crippen molar-refractivity contribution in [2.45, 2.75) is 10.7 Å². The van der Waals surface area contributed by atoms with E-state index in [2.05, 4.69) is 0 Å². The van der Waals surface area contributed by atoms with Crippen LogP contribution in [0.4, 0.5) is 8.78 Å². The maximum atomic E-state index is 12.4. The molecule has 0 radical (unpaired) electrons. The molecule has 0 amide bonds. The number of halogens is 3. The number of nitrogens with zero attached hydrogens (tertiary/aromatic N) is 1. The van der Waals surface area contributed by atoms with Crippen molar-refractivity contribution in [2.24, 2.45) is 0 Å². The number of alkyl halides is 2. The van der Waals surface area contributed by atoms with Gasteiger partial charge in [0.05, 0.1) is 9.92 Å². The molecular weight excluding hydrogens is 336 g/mol. The van der Waals surface area contributed by atoms with Gasteiger partial charge >= 0.3 is 5.76 Å². The van der Waals surface area contributed by atoms with E-state index < -0.39 is 20.5 Å². The van der Waals surface area contributed by atoms with Crippen LogP contribution in [0.5, 0.6) is 11.5 Å². The van der Waals surface area contributed by atoms with Crippen LogP contribution in [0.1, 0.15) is 5.56 Å². The van der Waals surface area contributed by atoms with Crippen molar-refractivity contribution in [3.05, 3.63) is 53.1 Å². The third-order valence-corrected chi connectivity index (χ3v) is 4.42. The SMILES string of the molecule is N#Cc1c(Cl)cccc1Oc1ccc(S(=O)(=O)C(F)F)cc1. The van der Waals surface area contributed by atoms with Crippen LogP contribution in [0.2, 0.25) is 5.02 Å². The van der Waals surface area contributed by atoms with Crippen LogP contribution < -0.4 is 4.74 Å². The Labute approximate surface area is 130 Å².